The molecule has 2 aromatic carbocycles. The number of nitrogens with one attached hydrogen (secondary N) is 1. The predicted molar refractivity (Wildman–Crippen MR) is 103 cm³/mol. The van der Waals surface area contributed by atoms with Crippen molar-refractivity contribution in [2.75, 3.05) is 5.43 Å². The SMILES string of the molecule is Cc1csc(NN=Cc2ccc(OCc3ccc(Br)cc3)cc2)n1. The number of rotatable bonds is 6. The Balaban J connectivity index is 1.52. The molecule has 0 amide bonds. The average molecular weight is 402 g/mol. The summed E-state index contributed by atoms with van der Waals surface area (Å²) in [6.07, 6.45) is 1.76. The van der Waals surface area contributed by atoms with E-state index in [2.05, 4.69) is 31.4 Å². The van der Waals surface area contributed by atoms with E-state index in [1.165, 1.54) is 11.3 Å². The molecule has 0 aliphatic rings. The van der Waals surface area contributed by atoms with Crippen LogP contribution in [0.3, 0.4) is 0 Å². The summed E-state index contributed by atoms with van der Waals surface area (Å²) in [5, 5.41) is 6.96. The van der Waals surface area contributed by atoms with E-state index in [4.69, 9.17) is 4.74 Å². The van der Waals surface area contributed by atoms with Crippen molar-refractivity contribution in [3.05, 3.63) is 75.2 Å². The van der Waals surface area contributed by atoms with Gasteiger partial charge in [0.15, 0.2) is 0 Å². The van der Waals surface area contributed by atoms with Crippen molar-refractivity contribution in [2.45, 2.75) is 13.5 Å². The van der Waals surface area contributed by atoms with Crippen molar-refractivity contribution in [2.24, 2.45) is 5.10 Å². The number of halogens is 1. The normalized spacial score (nSPS) is 10.9. The maximum absolute atomic E-state index is 5.78. The van der Waals surface area contributed by atoms with Gasteiger partial charge in [0.1, 0.15) is 12.4 Å². The molecule has 0 aliphatic heterocycles. The first-order valence-corrected chi connectivity index (χ1v) is 9.05. The van der Waals surface area contributed by atoms with Gasteiger partial charge in [-0.1, -0.05) is 28.1 Å². The lowest BCUT2D eigenvalue weighted by atomic mass is 10.2. The van der Waals surface area contributed by atoms with Crippen molar-refractivity contribution in [1.82, 2.24) is 4.98 Å². The molecule has 0 saturated heterocycles. The van der Waals surface area contributed by atoms with E-state index in [1.54, 1.807) is 6.21 Å². The van der Waals surface area contributed by atoms with Gasteiger partial charge in [-0.3, -0.25) is 5.43 Å². The van der Waals surface area contributed by atoms with E-state index in [9.17, 15) is 0 Å². The van der Waals surface area contributed by atoms with Crippen molar-refractivity contribution >= 4 is 38.6 Å². The molecule has 0 radical (unpaired) electrons. The second-order valence-electron chi connectivity index (χ2n) is 5.15. The second kappa shape index (κ2) is 8.08. The highest BCUT2D eigenvalue weighted by Crippen LogP contribution is 2.16. The summed E-state index contributed by atoms with van der Waals surface area (Å²) >= 11 is 4.96. The van der Waals surface area contributed by atoms with Crippen molar-refractivity contribution in [3.63, 3.8) is 0 Å². The topological polar surface area (TPSA) is 46.5 Å². The van der Waals surface area contributed by atoms with E-state index < -0.39 is 0 Å². The number of aromatic nitrogens is 1. The Morgan fingerprint density at radius 3 is 2.58 bits per heavy atom. The molecule has 0 fully saturated rings. The van der Waals surface area contributed by atoms with Crippen LogP contribution in [0.1, 0.15) is 16.8 Å². The van der Waals surface area contributed by atoms with Gasteiger partial charge in [-0.2, -0.15) is 5.10 Å². The van der Waals surface area contributed by atoms with Gasteiger partial charge in [0.2, 0.25) is 5.13 Å². The van der Waals surface area contributed by atoms with Crippen LogP contribution in [0.15, 0.2) is 63.5 Å². The van der Waals surface area contributed by atoms with Gasteiger partial charge in [-0.25, -0.2) is 4.98 Å². The number of nitrogens with zero attached hydrogens (tertiary/aromatic N) is 2. The molecule has 24 heavy (non-hydrogen) atoms. The minimum atomic E-state index is 0.547. The molecule has 1 N–H and O–H groups in total. The van der Waals surface area contributed by atoms with Crippen LogP contribution < -0.4 is 10.2 Å². The van der Waals surface area contributed by atoms with Crippen LogP contribution >= 0.6 is 27.3 Å². The number of anilines is 1. The smallest absolute Gasteiger partial charge is 0.203 e. The Labute approximate surface area is 153 Å². The standard InChI is InChI=1S/C18H16BrN3OS/c1-13-12-24-18(21-13)22-20-10-14-4-8-17(9-5-14)23-11-15-2-6-16(19)7-3-15/h2-10,12H,11H2,1H3,(H,21,22). The van der Waals surface area contributed by atoms with Crippen molar-refractivity contribution in [3.8, 4) is 5.75 Å². The first kappa shape index (κ1) is 16.7. The molecule has 0 saturated carbocycles. The molecular formula is C18H16BrN3OS. The third-order valence-corrected chi connectivity index (χ3v) is 4.59. The Bertz CT molecular complexity index is 813. The van der Waals surface area contributed by atoms with Gasteiger partial charge in [-0.15, -0.1) is 11.3 Å². The molecule has 3 rings (SSSR count). The predicted octanol–water partition coefficient (Wildman–Crippen LogP) is 5.24. The van der Waals surface area contributed by atoms with E-state index in [1.807, 2.05) is 60.8 Å². The summed E-state index contributed by atoms with van der Waals surface area (Å²) in [7, 11) is 0. The molecule has 0 unspecified atom stereocenters. The molecule has 6 heteroatoms. The maximum atomic E-state index is 5.78. The highest BCUT2D eigenvalue weighted by atomic mass is 79.9. The molecule has 1 heterocycles. The lowest BCUT2D eigenvalue weighted by Gasteiger charge is -2.06. The van der Waals surface area contributed by atoms with Crippen LogP contribution in [-0.4, -0.2) is 11.2 Å². The molecule has 1 aromatic heterocycles. The molecular weight excluding hydrogens is 386 g/mol. The Hall–Kier alpha value is -2.18. The zero-order valence-corrected chi connectivity index (χ0v) is 15.5. The maximum Gasteiger partial charge on any atom is 0.203 e. The quantitative estimate of drug-likeness (QED) is 0.453. The summed E-state index contributed by atoms with van der Waals surface area (Å²) in [6.45, 7) is 2.50. The largest absolute Gasteiger partial charge is 0.489 e. The van der Waals surface area contributed by atoms with Crippen LogP contribution in [0, 0.1) is 6.92 Å². The molecule has 0 spiro atoms. The lowest BCUT2D eigenvalue weighted by Crippen LogP contribution is -1.95. The average Bonchev–Trinajstić information content (AvgIpc) is 3.01. The fraction of sp³-hybridized carbons (Fsp3) is 0.111. The van der Waals surface area contributed by atoms with Gasteiger partial charge < -0.3 is 4.74 Å². The first-order valence-electron chi connectivity index (χ1n) is 7.37. The van der Waals surface area contributed by atoms with Gasteiger partial charge >= 0.3 is 0 Å². The Kier molecular flexibility index (Phi) is 5.61. The fourth-order valence-corrected chi connectivity index (χ4v) is 2.87. The van der Waals surface area contributed by atoms with Crippen LogP contribution in [0.5, 0.6) is 5.75 Å². The minimum absolute atomic E-state index is 0.547. The van der Waals surface area contributed by atoms with E-state index in [0.717, 1.165) is 32.2 Å². The summed E-state index contributed by atoms with van der Waals surface area (Å²) in [4.78, 5) is 4.29. The number of benzene rings is 2. The number of thiazole rings is 1. The minimum Gasteiger partial charge on any atom is -0.489 e. The van der Waals surface area contributed by atoms with E-state index in [-0.39, 0.29) is 0 Å². The van der Waals surface area contributed by atoms with Gasteiger partial charge in [-0.05, 0) is 54.4 Å². The summed E-state index contributed by atoms with van der Waals surface area (Å²) < 4.78 is 6.85. The zero-order chi connectivity index (χ0) is 16.8. The van der Waals surface area contributed by atoms with E-state index >= 15 is 0 Å². The molecule has 0 atom stereocenters. The van der Waals surface area contributed by atoms with Gasteiger partial charge in [0.05, 0.1) is 11.9 Å². The van der Waals surface area contributed by atoms with Crippen molar-refractivity contribution in [1.29, 1.82) is 0 Å². The molecule has 0 aliphatic carbocycles. The highest BCUT2D eigenvalue weighted by Gasteiger charge is 1.98. The van der Waals surface area contributed by atoms with Crippen LogP contribution in [-0.2, 0) is 6.61 Å². The van der Waals surface area contributed by atoms with Crippen LogP contribution in [0.4, 0.5) is 5.13 Å². The fourth-order valence-electron chi connectivity index (χ4n) is 1.96. The number of ether oxygens (including phenoxy) is 1. The number of hydrazone groups is 1. The Morgan fingerprint density at radius 1 is 1.17 bits per heavy atom. The first-order chi connectivity index (χ1) is 11.7. The van der Waals surface area contributed by atoms with E-state index in [0.29, 0.717) is 6.61 Å². The monoisotopic (exact) mass is 401 g/mol. The summed E-state index contributed by atoms with van der Waals surface area (Å²) in [6, 6.07) is 15.9. The molecule has 122 valence electrons. The highest BCUT2D eigenvalue weighted by molar-refractivity contribution is 9.10. The van der Waals surface area contributed by atoms with Gasteiger partial charge in [0.25, 0.3) is 0 Å². The number of hydrogen-bond donors (Lipinski definition) is 1. The zero-order valence-electron chi connectivity index (χ0n) is 13.1. The number of hydrogen-bond acceptors (Lipinski definition) is 5. The summed E-state index contributed by atoms with van der Waals surface area (Å²) in [5.74, 6) is 0.832. The van der Waals surface area contributed by atoms with Crippen LogP contribution in [0.2, 0.25) is 0 Å². The second-order valence-corrected chi connectivity index (χ2v) is 6.92. The Morgan fingerprint density at radius 2 is 1.92 bits per heavy atom. The molecule has 0 bridgehead atoms. The van der Waals surface area contributed by atoms with Crippen molar-refractivity contribution < 1.29 is 4.74 Å². The molecule has 4 nitrogen and oxygen atoms in total. The third-order valence-electron chi connectivity index (χ3n) is 3.19. The van der Waals surface area contributed by atoms with Gasteiger partial charge in [0, 0.05) is 9.85 Å². The third kappa shape index (κ3) is 4.91. The van der Waals surface area contributed by atoms with Crippen LogP contribution in [0.25, 0.3) is 0 Å². The number of aryl methyl sites for hydroxylation is 1. The lowest BCUT2D eigenvalue weighted by molar-refractivity contribution is 0.306. The summed E-state index contributed by atoms with van der Waals surface area (Å²) in [5.41, 5.74) is 6.04. The molecule has 3 aromatic rings.